The van der Waals surface area contributed by atoms with Crippen molar-refractivity contribution in [2.75, 3.05) is 185 Å². The molecular formula is C96H135BBr2Cl3F2N15O15S9. The van der Waals surface area contributed by atoms with Crippen LogP contribution in [0.15, 0.2) is 110 Å². The lowest BCUT2D eigenvalue weighted by molar-refractivity contribution is -0.140. The van der Waals surface area contributed by atoms with Gasteiger partial charge >= 0.3 is 42.5 Å². The molecule has 8 aromatic rings. The van der Waals surface area contributed by atoms with Gasteiger partial charge in [0.25, 0.3) is 5.56 Å². The van der Waals surface area contributed by atoms with Crippen LogP contribution in [0.3, 0.4) is 0 Å². The number of carbonyl (C=O) groups excluding carboxylic acids is 3. The molecular weight excluding hydrogens is 2210 g/mol. The number of nitrogens with one attached hydrogen (secondary N) is 2. The van der Waals surface area contributed by atoms with Crippen molar-refractivity contribution in [3.8, 4) is 11.1 Å². The minimum absolute atomic E-state index is 0. The summed E-state index contributed by atoms with van der Waals surface area (Å²) in [7, 11) is -1.51. The van der Waals surface area contributed by atoms with Crippen LogP contribution in [0.25, 0.3) is 43.8 Å². The molecule has 12 aliphatic rings. The van der Waals surface area contributed by atoms with Crippen LogP contribution >= 0.6 is 183 Å². The maximum atomic E-state index is 14.2. The van der Waals surface area contributed by atoms with Gasteiger partial charge in [0.15, 0.2) is 0 Å². The lowest BCUT2D eigenvalue weighted by Gasteiger charge is -2.48. The Morgan fingerprint density at radius 1 is 0.483 bits per heavy atom. The van der Waals surface area contributed by atoms with Crippen molar-refractivity contribution in [1.29, 1.82) is 0 Å². The maximum absolute atomic E-state index is 14.2. The number of carbonyl (C=O) groups is 3. The van der Waals surface area contributed by atoms with E-state index in [1.807, 2.05) is 90.5 Å². The van der Waals surface area contributed by atoms with Gasteiger partial charge in [-0.3, -0.25) is 23.5 Å². The second kappa shape index (κ2) is 49.8. The fourth-order valence-electron chi connectivity index (χ4n) is 20.0. The molecule has 5 aromatic carbocycles. The van der Waals surface area contributed by atoms with Crippen LogP contribution in [0.2, 0.25) is 15.1 Å². The monoisotopic (exact) mass is 2340 g/mol. The Balaban J connectivity index is 0.000000197. The molecule has 4 N–H and O–H groups in total. The van der Waals surface area contributed by atoms with E-state index in [1.165, 1.54) is 36.4 Å². The largest absolute Gasteiger partial charge is 0.488 e. The lowest BCUT2D eigenvalue weighted by atomic mass is 9.77. The number of rotatable bonds is 10. The van der Waals surface area contributed by atoms with Gasteiger partial charge in [-0.25, -0.2) is 37.5 Å². The van der Waals surface area contributed by atoms with Crippen molar-refractivity contribution >= 4 is 258 Å². The molecule has 790 valence electrons. The van der Waals surface area contributed by atoms with Gasteiger partial charge in [-0.15, -0.1) is 35.3 Å². The molecule has 30 nitrogen and oxygen atoms in total. The van der Waals surface area contributed by atoms with Crippen LogP contribution in [0.4, 0.5) is 34.8 Å². The number of nitrogens with zero attached hydrogens (tertiary/aromatic N) is 13. The average molecular weight is 2340 g/mol. The number of aromatic nitrogens is 6. The number of hydrogen-bond donors (Lipinski definition) is 4. The topological polar surface area (TPSA) is 310 Å². The molecule has 15 heterocycles. The van der Waals surface area contributed by atoms with Crippen LogP contribution in [0, 0.1) is 27.9 Å². The quantitative estimate of drug-likeness (QED) is 0.0730. The van der Waals surface area contributed by atoms with E-state index in [9.17, 15) is 42.3 Å². The molecule has 9 saturated heterocycles. The predicted molar refractivity (Wildman–Crippen MR) is 606 cm³/mol. The third-order valence-corrected chi connectivity index (χ3v) is 34.8. The van der Waals surface area contributed by atoms with Gasteiger partial charge in [-0.05, 0) is 246 Å². The number of ether oxygens (including phenoxy) is 6. The zero-order valence-electron chi connectivity index (χ0n) is 82.6. The Kier molecular flexibility index (Phi) is 41.8. The Labute approximate surface area is 920 Å². The second-order valence-corrected chi connectivity index (χ2v) is 47.4. The van der Waals surface area contributed by atoms with Crippen LogP contribution in [0.1, 0.15) is 140 Å². The molecule has 0 bridgehead atoms. The minimum atomic E-state index is -1.51. The molecule has 0 unspecified atom stereocenters. The van der Waals surface area contributed by atoms with Gasteiger partial charge in [-0.1, -0.05) is 59.1 Å². The molecule has 20 rings (SSSR count). The highest BCUT2D eigenvalue weighted by Gasteiger charge is 2.47. The van der Waals surface area contributed by atoms with Crippen molar-refractivity contribution in [3.05, 3.63) is 144 Å². The summed E-state index contributed by atoms with van der Waals surface area (Å²) in [6.07, 6.45) is 5.97. The molecule has 143 heavy (non-hydrogen) atoms. The first-order valence-corrected chi connectivity index (χ1v) is 52.9. The summed E-state index contributed by atoms with van der Waals surface area (Å²) in [5, 5.41) is 24.2. The summed E-state index contributed by atoms with van der Waals surface area (Å²) in [5.74, 6) is 2.77. The summed E-state index contributed by atoms with van der Waals surface area (Å²) >= 11 is 32.4. The first kappa shape index (κ1) is 120. The number of amides is 3. The van der Waals surface area contributed by atoms with E-state index in [-0.39, 0.29) is 164 Å². The molecule has 47 heteroatoms. The summed E-state index contributed by atoms with van der Waals surface area (Å²) in [4.78, 5) is 122. The number of halogens is 7. The number of likely N-dealkylation sites (tertiary alicyclic amines) is 3. The number of benzene rings is 5. The number of aromatic amines is 1. The summed E-state index contributed by atoms with van der Waals surface area (Å²) < 4.78 is 66.2. The molecule has 3 aromatic heterocycles. The lowest BCUT2D eigenvalue weighted by Crippen LogP contribution is -2.55. The van der Waals surface area contributed by atoms with Crippen LogP contribution in [0.5, 0.6) is 0 Å². The molecule has 0 radical (unpaired) electrons. The standard InChI is InChI=1S/C34H41ClFN5O4S.C28H37BrClN5O4S.C18H19BrClN3O3S.C10H20N2O2.C6H6BFO2.6H2S/c1-21-16-39(32(43)45-33(2,3)4)13-14-40(21)30-25-15-26(35)27(22-5-7-23(36)8-6-22)29-28(25)41(31(42)37-30)24(18-46-29)17-38-11-9-34(10-12-38)19-44-20-34;1-17-12-33(26(37)39-27(2,3)4)9-10-34(17)24-19-11-20(30)21(29)23-22(19)35(25(36)31-24)18(14-40-23)13-32-7-5-28(6-8-32)15-38-16-28;19-13-12(20)5-11-14-15(13)27-7-10(23(14)17(25)21-16(11)24)6-22-3-1-18(2-4-22)8-26-9-18;1-8-7-12(6-5-11-8)9(13)14-10(2,3)4;8-6-3-1-5(2-4-6)7(9)10;;;;;;/h5-8,15,21,24H,9-14,16-20H2,1-4H3;11,17-18H,5-10,12-16H2,1-4H3;5,10H,1-4,6-9H2,(H,21,24,25);8,11H,5-7H2,1-4H3;1-4,9-10H;6*1H2/t21-,24-;17-,18-;10-;8-;;;;;;;/m0000......./s1. The van der Waals surface area contributed by atoms with E-state index in [1.54, 1.807) is 72.8 Å². The molecule has 12 aliphatic heterocycles. The highest BCUT2D eigenvalue weighted by atomic mass is 79.9. The number of anilines is 2. The van der Waals surface area contributed by atoms with Crippen LogP contribution in [-0.4, -0.2) is 303 Å². The number of H-pyrrole nitrogens is 1. The van der Waals surface area contributed by atoms with Gasteiger partial charge in [-0.2, -0.15) is 90.9 Å². The first-order chi connectivity index (χ1) is 64.9. The average Bonchev–Trinajstić information content (AvgIpc) is 0.555. The maximum Gasteiger partial charge on any atom is 0.488 e. The Morgan fingerprint density at radius 3 is 1.18 bits per heavy atom. The third kappa shape index (κ3) is 27.7. The van der Waals surface area contributed by atoms with Gasteiger partial charge < -0.3 is 83.0 Å². The van der Waals surface area contributed by atoms with E-state index in [0.717, 1.165) is 225 Å². The van der Waals surface area contributed by atoms with Crippen molar-refractivity contribution < 1.29 is 61.6 Å². The minimum Gasteiger partial charge on any atom is -0.444 e. The van der Waals surface area contributed by atoms with Crippen molar-refractivity contribution in [3.63, 3.8) is 0 Å². The fraction of sp³-hybridized carbons (Fsp3) is 0.594. The van der Waals surface area contributed by atoms with E-state index < -0.39 is 23.9 Å². The zero-order chi connectivity index (χ0) is 97.9. The zero-order valence-corrected chi connectivity index (χ0v) is 96.5. The van der Waals surface area contributed by atoms with Crippen LogP contribution < -0.4 is 43.2 Å². The Bertz CT molecular complexity index is 6090. The molecule has 3 spiro atoms. The molecule has 6 atom stereocenters. The van der Waals surface area contributed by atoms with E-state index in [4.69, 9.17) is 83.2 Å². The first-order valence-electron chi connectivity index (χ1n) is 47.2. The van der Waals surface area contributed by atoms with Gasteiger partial charge in [0.05, 0.1) is 104 Å². The third-order valence-electron chi connectivity index (χ3n) is 27.6. The molecule has 0 saturated carbocycles. The van der Waals surface area contributed by atoms with E-state index in [2.05, 4.69) is 80.5 Å². The Hall–Kier alpha value is -4.73. The molecule has 0 aliphatic carbocycles. The van der Waals surface area contributed by atoms with Crippen molar-refractivity contribution in [2.45, 2.75) is 189 Å². The van der Waals surface area contributed by atoms with E-state index in [0.29, 0.717) is 110 Å². The van der Waals surface area contributed by atoms with Gasteiger partial charge in [0.1, 0.15) is 40.1 Å². The number of piperazine rings is 3. The predicted octanol–water partition coefficient (Wildman–Crippen LogP) is 15.3. The number of thioether (sulfide) groups is 3. The second-order valence-electron chi connectivity index (χ2n) is 41.5. The highest BCUT2D eigenvalue weighted by Crippen LogP contribution is 2.52. The van der Waals surface area contributed by atoms with Crippen molar-refractivity contribution in [2.24, 2.45) is 16.2 Å². The fourth-order valence-corrected chi connectivity index (χ4v) is 25.9. The molecule has 3 amide bonds. The SMILES string of the molecule is C[C@H]1CN(C(=O)OC(C)(C)C)CCN1.C[C@H]1CN(C(=O)OC(C)(C)C)CCN1c1nc(=O)n2c3c(c(-c4ccc(F)cc4)c(Cl)cc13)SC[C@@H]2CN1CCC2(CC1)COC2.C[C@H]1CN(C(=O)OC(C)(C)C)CCN1c1nc(=O)n2c3c(c(Br)c(Cl)cc13)SC[C@@H]2CN1CCC2(CC1)COC2.O=c1[nH]c(=O)n2c3c(c(Br)c(Cl)cc13)SC[C@@H]2CN1CCC2(CC1)COC2.OB(O)c1ccc(F)cc1.S.S.S.S.S.S. The summed E-state index contributed by atoms with van der Waals surface area (Å²) in [6.45, 7) is 42.0. The normalized spacial score (nSPS) is 21.9. The summed E-state index contributed by atoms with van der Waals surface area (Å²) in [5.41, 5.74) is 2.65. The Morgan fingerprint density at radius 2 is 0.825 bits per heavy atom. The van der Waals surface area contributed by atoms with Crippen LogP contribution in [-0.2, 0) is 28.4 Å². The highest BCUT2D eigenvalue weighted by molar-refractivity contribution is 9.11. The number of hydrogen-bond acceptors (Lipinski definition) is 26. The number of piperidine rings is 3. The van der Waals surface area contributed by atoms with Gasteiger partial charge in [0, 0.05) is 161 Å². The molecule has 9 fully saturated rings. The van der Waals surface area contributed by atoms with Gasteiger partial charge in [0.2, 0.25) is 0 Å². The summed E-state index contributed by atoms with van der Waals surface area (Å²) in [6, 6.07) is 17.0. The van der Waals surface area contributed by atoms with Crippen molar-refractivity contribution in [1.82, 2.24) is 63.4 Å². The van der Waals surface area contributed by atoms with E-state index >= 15 is 0 Å². The smallest absolute Gasteiger partial charge is 0.444 e.